The van der Waals surface area contributed by atoms with E-state index in [2.05, 4.69) is 0 Å². The SMILES string of the molecule is O=C([O-])C1CC(OC(=O)C23CC4CC(CC(C4)C2)C3)C2CC1C(=O)O2. The first-order valence-electron chi connectivity index (χ1n) is 9.56. The second kappa shape index (κ2) is 5.21. The quantitative estimate of drug-likeness (QED) is 0.702. The highest BCUT2D eigenvalue weighted by molar-refractivity contribution is 5.83. The summed E-state index contributed by atoms with van der Waals surface area (Å²) in [5, 5.41) is 11.4. The third-order valence-corrected chi connectivity index (χ3v) is 7.48. The Hall–Kier alpha value is -1.59. The van der Waals surface area contributed by atoms with Crippen LogP contribution in [0.2, 0.25) is 0 Å². The number of hydrogen-bond donors (Lipinski definition) is 0. The number of ether oxygens (including phenoxy) is 2. The predicted molar refractivity (Wildman–Crippen MR) is 81.6 cm³/mol. The van der Waals surface area contributed by atoms with Gasteiger partial charge in [-0.2, -0.15) is 0 Å². The number of carboxylic acid groups (broad SMARTS) is 1. The van der Waals surface area contributed by atoms with Gasteiger partial charge in [0.2, 0.25) is 0 Å². The van der Waals surface area contributed by atoms with Crippen LogP contribution in [0, 0.1) is 35.0 Å². The number of aliphatic carboxylic acids is 1. The minimum atomic E-state index is -1.25. The van der Waals surface area contributed by atoms with E-state index in [1.165, 1.54) is 19.3 Å². The average molecular weight is 347 g/mol. The third kappa shape index (κ3) is 2.32. The number of carbonyl (C=O) groups is 3. The highest BCUT2D eigenvalue weighted by atomic mass is 16.6. The highest BCUT2D eigenvalue weighted by Crippen LogP contribution is 2.60. The lowest BCUT2D eigenvalue weighted by molar-refractivity contribution is -0.314. The normalized spacial score (nSPS) is 49.8. The van der Waals surface area contributed by atoms with Gasteiger partial charge in [0.25, 0.3) is 0 Å². The van der Waals surface area contributed by atoms with E-state index in [9.17, 15) is 19.5 Å². The number of carbonyl (C=O) groups excluding carboxylic acids is 3. The van der Waals surface area contributed by atoms with Gasteiger partial charge in [0, 0.05) is 18.3 Å². The topological polar surface area (TPSA) is 92.7 Å². The Kier molecular flexibility index (Phi) is 3.26. The van der Waals surface area contributed by atoms with Crippen LogP contribution in [0.1, 0.15) is 51.4 Å². The van der Waals surface area contributed by atoms with Crippen molar-refractivity contribution in [1.82, 2.24) is 0 Å². The first-order valence-corrected chi connectivity index (χ1v) is 9.56. The zero-order valence-corrected chi connectivity index (χ0v) is 14.1. The minimum absolute atomic E-state index is 0.127. The Bertz CT molecular complexity index is 605. The molecule has 0 N–H and O–H groups in total. The Labute approximate surface area is 146 Å². The number of rotatable bonds is 3. The standard InChI is InChI=1S/C19H24O6/c20-16(21)12-4-15(14-5-13(12)17(22)24-14)25-18(23)19-6-9-1-10(7-19)3-11(2-9)8-19/h9-15H,1-8H2,(H,20,21)/p-1. The van der Waals surface area contributed by atoms with Gasteiger partial charge in [0.15, 0.2) is 0 Å². The molecule has 6 heteroatoms. The van der Waals surface area contributed by atoms with E-state index < -0.39 is 36.0 Å². The predicted octanol–water partition coefficient (Wildman–Crippen LogP) is 0.816. The van der Waals surface area contributed by atoms with Gasteiger partial charge in [-0.3, -0.25) is 9.59 Å². The van der Waals surface area contributed by atoms with Crippen LogP contribution in [-0.2, 0) is 23.9 Å². The molecule has 6 aliphatic rings. The lowest BCUT2D eigenvalue weighted by Gasteiger charge is -2.55. The molecular weight excluding hydrogens is 324 g/mol. The van der Waals surface area contributed by atoms with Gasteiger partial charge in [-0.25, -0.2) is 0 Å². The second-order valence-corrected chi connectivity index (χ2v) is 9.12. The van der Waals surface area contributed by atoms with Crippen LogP contribution in [-0.4, -0.2) is 30.1 Å². The molecule has 1 heterocycles. The van der Waals surface area contributed by atoms with Crippen LogP contribution in [0.15, 0.2) is 0 Å². The molecule has 0 spiro atoms. The van der Waals surface area contributed by atoms with Gasteiger partial charge in [-0.05, 0) is 62.7 Å². The van der Waals surface area contributed by atoms with Crippen molar-refractivity contribution >= 4 is 17.9 Å². The Balaban J connectivity index is 1.34. The summed E-state index contributed by atoms with van der Waals surface area (Å²) in [5.41, 5.74) is -0.384. The first-order chi connectivity index (χ1) is 11.9. The van der Waals surface area contributed by atoms with E-state index in [1.54, 1.807) is 0 Å². The average Bonchev–Trinajstić information content (AvgIpc) is 2.85. The van der Waals surface area contributed by atoms with Crippen molar-refractivity contribution in [2.24, 2.45) is 35.0 Å². The molecule has 6 bridgehead atoms. The molecule has 0 aromatic rings. The van der Waals surface area contributed by atoms with Gasteiger partial charge in [0.1, 0.15) is 12.2 Å². The maximum atomic E-state index is 13.1. The van der Waals surface area contributed by atoms with Crippen LogP contribution in [0.3, 0.4) is 0 Å². The van der Waals surface area contributed by atoms with Crippen LogP contribution < -0.4 is 5.11 Å². The molecule has 0 amide bonds. The van der Waals surface area contributed by atoms with Crippen molar-refractivity contribution in [3.63, 3.8) is 0 Å². The summed E-state index contributed by atoms with van der Waals surface area (Å²) in [6, 6.07) is 0. The van der Waals surface area contributed by atoms with Crippen LogP contribution in [0.25, 0.3) is 0 Å². The minimum Gasteiger partial charge on any atom is -0.550 e. The molecule has 0 radical (unpaired) electrons. The number of fused-ring (bicyclic) bond motifs is 2. The molecule has 25 heavy (non-hydrogen) atoms. The van der Waals surface area contributed by atoms with E-state index in [4.69, 9.17) is 9.47 Å². The highest BCUT2D eigenvalue weighted by Gasteiger charge is 2.57. The van der Waals surface area contributed by atoms with Crippen molar-refractivity contribution < 1.29 is 29.0 Å². The van der Waals surface area contributed by atoms with Gasteiger partial charge in [-0.15, -0.1) is 0 Å². The Morgan fingerprint density at radius 2 is 1.60 bits per heavy atom. The molecule has 4 atom stereocenters. The number of hydrogen-bond acceptors (Lipinski definition) is 6. The summed E-state index contributed by atoms with van der Waals surface area (Å²) in [7, 11) is 0. The molecule has 1 saturated heterocycles. The molecule has 0 aromatic heterocycles. The fourth-order valence-corrected chi connectivity index (χ4v) is 6.76. The molecule has 6 fully saturated rings. The van der Waals surface area contributed by atoms with Crippen LogP contribution in [0.5, 0.6) is 0 Å². The van der Waals surface area contributed by atoms with E-state index >= 15 is 0 Å². The second-order valence-electron chi connectivity index (χ2n) is 9.12. The molecule has 1 aliphatic heterocycles. The molecule has 4 unspecified atom stereocenters. The summed E-state index contributed by atoms with van der Waals surface area (Å²) in [5.74, 6) is -1.59. The van der Waals surface area contributed by atoms with Crippen LogP contribution >= 0.6 is 0 Å². The fourth-order valence-electron chi connectivity index (χ4n) is 6.76. The lowest BCUT2D eigenvalue weighted by atomic mass is 9.49. The van der Waals surface area contributed by atoms with E-state index in [0.717, 1.165) is 19.3 Å². The van der Waals surface area contributed by atoms with Crippen molar-refractivity contribution in [3.8, 4) is 0 Å². The molecule has 5 aliphatic carbocycles. The van der Waals surface area contributed by atoms with Gasteiger partial charge in [-0.1, -0.05) is 0 Å². The summed E-state index contributed by atoms with van der Waals surface area (Å²) < 4.78 is 11.1. The van der Waals surface area contributed by atoms with E-state index in [1.807, 2.05) is 0 Å². The summed E-state index contributed by atoms with van der Waals surface area (Å²) in [6.07, 6.45) is 5.74. The van der Waals surface area contributed by atoms with Crippen LogP contribution in [0.4, 0.5) is 0 Å². The van der Waals surface area contributed by atoms with Crippen molar-refractivity contribution in [1.29, 1.82) is 0 Å². The first kappa shape index (κ1) is 15.6. The number of carboxylic acids is 1. The Morgan fingerprint density at radius 3 is 2.16 bits per heavy atom. The van der Waals surface area contributed by atoms with Crippen molar-refractivity contribution in [2.45, 2.75) is 63.6 Å². The van der Waals surface area contributed by atoms with Crippen molar-refractivity contribution in [3.05, 3.63) is 0 Å². The Morgan fingerprint density at radius 1 is 1.00 bits per heavy atom. The summed E-state index contributed by atoms with van der Waals surface area (Å²) in [6.45, 7) is 0. The molecular formula is C19H23O6-. The largest absolute Gasteiger partial charge is 0.550 e. The summed E-state index contributed by atoms with van der Waals surface area (Å²) in [4.78, 5) is 36.3. The number of esters is 2. The molecule has 136 valence electrons. The molecule has 5 saturated carbocycles. The molecule has 6 rings (SSSR count). The van der Waals surface area contributed by atoms with Gasteiger partial charge in [0.05, 0.1) is 11.3 Å². The van der Waals surface area contributed by atoms with Gasteiger partial charge < -0.3 is 19.4 Å². The zero-order chi connectivity index (χ0) is 17.3. The maximum absolute atomic E-state index is 13.1. The molecule has 0 aromatic carbocycles. The van der Waals surface area contributed by atoms with Crippen molar-refractivity contribution in [2.75, 3.05) is 0 Å². The third-order valence-electron chi connectivity index (χ3n) is 7.48. The monoisotopic (exact) mass is 347 g/mol. The van der Waals surface area contributed by atoms with E-state index in [0.29, 0.717) is 24.2 Å². The summed E-state index contributed by atoms with van der Waals surface area (Å²) >= 11 is 0. The lowest BCUT2D eigenvalue weighted by Crippen LogP contribution is -2.52. The fraction of sp³-hybridized carbons (Fsp3) is 0.842. The maximum Gasteiger partial charge on any atom is 0.312 e. The molecule has 6 nitrogen and oxygen atoms in total. The smallest absolute Gasteiger partial charge is 0.312 e. The zero-order valence-electron chi connectivity index (χ0n) is 14.1. The van der Waals surface area contributed by atoms with E-state index in [-0.39, 0.29) is 17.8 Å². The van der Waals surface area contributed by atoms with Gasteiger partial charge >= 0.3 is 11.9 Å².